The molecule has 1 aromatic carbocycles. The Morgan fingerprint density at radius 1 is 1.22 bits per heavy atom. The summed E-state index contributed by atoms with van der Waals surface area (Å²) in [5.41, 5.74) is 1.16. The Bertz CT molecular complexity index is 678. The summed E-state index contributed by atoms with van der Waals surface area (Å²) in [5.74, 6) is 0.587. The van der Waals surface area contributed by atoms with E-state index in [4.69, 9.17) is 16.0 Å². The van der Waals surface area contributed by atoms with E-state index < -0.39 is 5.97 Å². The van der Waals surface area contributed by atoms with Crippen LogP contribution in [-0.2, 0) is 11.3 Å². The molecular formula is C17H19ClN2O3. The number of carbonyl (C=O) groups excluding carboxylic acids is 1. The minimum Gasteiger partial charge on any atom is -0.463 e. The third kappa shape index (κ3) is 3.86. The number of anilines is 1. The fourth-order valence-electron chi connectivity index (χ4n) is 2.73. The molecule has 122 valence electrons. The molecule has 23 heavy (non-hydrogen) atoms. The summed E-state index contributed by atoms with van der Waals surface area (Å²) < 4.78 is 10.2. The molecule has 0 atom stereocenters. The second-order valence-corrected chi connectivity index (χ2v) is 5.94. The van der Waals surface area contributed by atoms with Gasteiger partial charge in [-0.1, -0.05) is 17.7 Å². The van der Waals surface area contributed by atoms with Crippen molar-refractivity contribution < 1.29 is 13.9 Å². The zero-order chi connectivity index (χ0) is 16.2. The molecule has 1 aromatic heterocycles. The van der Waals surface area contributed by atoms with Crippen LogP contribution < -0.4 is 4.90 Å². The monoisotopic (exact) mass is 334 g/mol. The fraction of sp³-hybridized carbons (Fsp3) is 0.353. The second kappa shape index (κ2) is 7.06. The van der Waals surface area contributed by atoms with Crippen molar-refractivity contribution >= 4 is 23.3 Å². The van der Waals surface area contributed by atoms with Crippen molar-refractivity contribution in [3.8, 4) is 0 Å². The van der Waals surface area contributed by atoms with Crippen LogP contribution in [0.3, 0.4) is 0 Å². The van der Waals surface area contributed by atoms with Crippen LogP contribution in [0.4, 0.5) is 5.69 Å². The first-order chi connectivity index (χ1) is 11.2. The van der Waals surface area contributed by atoms with Gasteiger partial charge in [0, 0.05) is 36.9 Å². The Hall–Kier alpha value is -1.98. The van der Waals surface area contributed by atoms with Gasteiger partial charge in [0.05, 0.1) is 13.7 Å². The van der Waals surface area contributed by atoms with Crippen LogP contribution in [0.1, 0.15) is 16.3 Å². The maximum atomic E-state index is 11.4. The highest BCUT2D eigenvalue weighted by Gasteiger charge is 2.19. The first-order valence-electron chi connectivity index (χ1n) is 7.55. The first-order valence-corrected chi connectivity index (χ1v) is 7.93. The average Bonchev–Trinajstić information content (AvgIpc) is 3.03. The van der Waals surface area contributed by atoms with Crippen LogP contribution in [0.25, 0.3) is 0 Å². The zero-order valence-electron chi connectivity index (χ0n) is 13.0. The zero-order valence-corrected chi connectivity index (χ0v) is 13.8. The third-order valence-electron chi connectivity index (χ3n) is 3.97. The summed E-state index contributed by atoms with van der Waals surface area (Å²) in [4.78, 5) is 16.0. The molecule has 0 spiro atoms. The van der Waals surface area contributed by atoms with E-state index in [1.165, 1.54) is 7.11 Å². The largest absolute Gasteiger partial charge is 0.463 e. The summed E-state index contributed by atoms with van der Waals surface area (Å²) in [6.07, 6.45) is 0. The Balaban J connectivity index is 1.55. The number of halogens is 1. The van der Waals surface area contributed by atoms with Crippen molar-refractivity contribution in [2.24, 2.45) is 0 Å². The predicted octanol–water partition coefficient (Wildman–Crippen LogP) is 3.04. The minimum atomic E-state index is -0.443. The van der Waals surface area contributed by atoms with Gasteiger partial charge in [0.25, 0.3) is 0 Å². The van der Waals surface area contributed by atoms with Crippen molar-refractivity contribution in [3.63, 3.8) is 0 Å². The van der Waals surface area contributed by atoms with Crippen LogP contribution in [0.5, 0.6) is 0 Å². The van der Waals surface area contributed by atoms with Gasteiger partial charge in [-0.25, -0.2) is 4.79 Å². The number of rotatable bonds is 4. The van der Waals surface area contributed by atoms with Crippen molar-refractivity contribution in [1.82, 2.24) is 4.90 Å². The first kappa shape index (κ1) is 15.9. The molecule has 3 rings (SSSR count). The van der Waals surface area contributed by atoms with Crippen molar-refractivity contribution in [2.45, 2.75) is 6.54 Å². The molecule has 0 N–H and O–H groups in total. The molecule has 5 nitrogen and oxygen atoms in total. The van der Waals surface area contributed by atoms with Gasteiger partial charge >= 0.3 is 5.97 Å². The lowest BCUT2D eigenvalue weighted by molar-refractivity contribution is 0.0561. The SMILES string of the molecule is COC(=O)c1ccc(CN2CCN(c3cccc(Cl)c3)CC2)o1. The van der Waals surface area contributed by atoms with E-state index in [1.807, 2.05) is 24.3 Å². The summed E-state index contributed by atoms with van der Waals surface area (Å²) in [6.45, 7) is 4.43. The fourth-order valence-corrected chi connectivity index (χ4v) is 2.92. The number of ether oxygens (including phenoxy) is 1. The van der Waals surface area contributed by atoms with Gasteiger partial charge < -0.3 is 14.1 Å². The quantitative estimate of drug-likeness (QED) is 0.804. The number of benzene rings is 1. The van der Waals surface area contributed by atoms with E-state index in [-0.39, 0.29) is 5.76 Å². The molecule has 0 radical (unpaired) electrons. The predicted molar refractivity (Wildman–Crippen MR) is 89.0 cm³/mol. The lowest BCUT2D eigenvalue weighted by atomic mass is 10.2. The normalized spacial score (nSPS) is 15.7. The highest BCUT2D eigenvalue weighted by molar-refractivity contribution is 6.30. The van der Waals surface area contributed by atoms with Gasteiger partial charge in [-0.15, -0.1) is 0 Å². The number of hydrogen-bond donors (Lipinski definition) is 0. The molecule has 0 aliphatic carbocycles. The van der Waals surface area contributed by atoms with Crippen molar-refractivity contribution in [1.29, 1.82) is 0 Å². The minimum absolute atomic E-state index is 0.250. The van der Waals surface area contributed by atoms with Crippen LogP contribution >= 0.6 is 11.6 Å². The van der Waals surface area contributed by atoms with Gasteiger partial charge in [-0.3, -0.25) is 4.90 Å². The number of hydrogen-bond acceptors (Lipinski definition) is 5. The number of esters is 1. The molecule has 1 fully saturated rings. The van der Waals surface area contributed by atoms with Crippen LogP contribution in [0.15, 0.2) is 40.8 Å². The topological polar surface area (TPSA) is 45.9 Å². The number of methoxy groups -OCH3 is 1. The molecule has 1 aliphatic heterocycles. The summed E-state index contributed by atoms with van der Waals surface area (Å²) in [7, 11) is 1.35. The van der Waals surface area contributed by atoms with Crippen LogP contribution in [0.2, 0.25) is 5.02 Å². The van der Waals surface area contributed by atoms with Gasteiger partial charge in [-0.2, -0.15) is 0 Å². The van der Waals surface area contributed by atoms with Crippen LogP contribution in [0, 0.1) is 0 Å². The summed E-state index contributed by atoms with van der Waals surface area (Å²) >= 11 is 6.05. The molecule has 0 saturated carbocycles. The molecule has 0 unspecified atom stereocenters. The van der Waals surface area contributed by atoms with Gasteiger partial charge in [0.15, 0.2) is 0 Å². The van der Waals surface area contributed by atoms with Crippen LogP contribution in [-0.4, -0.2) is 44.2 Å². The second-order valence-electron chi connectivity index (χ2n) is 5.50. The molecule has 6 heteroatoms. The van der Waals surface area contributed by atoms with E-state index in [1.54, 1.807) is 6.07 Å². The summed E-state index contributed by atoms with van der Waals surface area (Å²) in [6, 6.07) is 11.4. The average molecular weight is 335 g/mol. The molecular weight excluding hydrogens is 316 g/mol. The number of piperazine rings is 1. The van der Waals surface area contributed by atoms with E-state index in [9.17, 15) is 4.79 Å². The highest BCUT2D eigenvalue weighted by atomic mass is 35.5. The molecule has 1 aliphatic rings. The molecule has 0 amide bonds. The smallest absolute Gasteiger partial charge is 0.373 e. The number of furan rings is 1. The lowest BCUT2D eigenvalue weighted by Crippen LogP contribution is -2.45. The highest BCUT2D eigenvalue weighted by Crippen LogP contribution is 2.21. The molecule has 1 saturated heterocycles. The Morgan fingerprint density at radius 2 is 2.00 bits per heavy atom. The van der Waals surface area contributed by atoms with Crippen molar-refractivity contribution in [2.75, 3.05) is 38.2 Å². The maximum Gasteiger partial charge on any atom is 0.373 e. The van der Waals surface area contributed by atoms with Gasteiger partial charge in [0.1, 0.15) is 5.76 Å². The lowest BCUT2D eigenvalue weighted by Gasteiger charge is -2.35. The Labute approximate surface area is 140 Å². The van der Waals surface area contributed by atoms with E-state index >= 15 is 0 Å². The van der Waals surface area contributed by atoms with E-state index in [0.29, 0.717) is 6.54 Å². The standard InChI is InChI=1S/C17H19ClN2O3/c1-22-17(21)16-6-5-15(23-16)12-19-7-9-20(10-8-19)14-4-2-3-13(18)11-14/h2-6,11H,7-10,12H2,1H3. The number of nitrogens with zero attached hydrogens (tertiary/aromatic N) is 2. The van der Waals surface area contributed by atoms with Gasteiger partial charge in [-0.05, 0) is 30.3 Å². The summed E-state index contributed by atoms with van der Waals surface area (Å²) in [5, 5.41) is 0.760. The van der Waals surface area contributed by atoms with Gasteiger partial charge in [0.2, 0.25) is 5.76 Å². The van der Waals surface area contributed by atoms with E-state index in [0.717, 1.165) is 42.6 Å². The van der Waals surface area contributed by atoms with Crippen molar-refractivity contribution in [3.05, 3.63) is 52.9 Å². The Kier molecular flexibility index (Phi) is 4.88. The number of carbonyl (C=O) groups is 1. The molecule has 2 aromatic rings. The molecule has 0 bridgehead atoms. The Morgan fingerprint density at radius 3 is 2.70 bits per heavy atom. The maximum absolute atomic E-state index is 11.4. The third-order valence-corrected chi connectivity index (χ3v) is 4.21. The van der Waals surface area contributed by atoms with E-state index in [2.05, 4.69) is 20.6 Å². The molecule has 2 heterocycles.